The lowest BCUT2D eigenvalue weighted by atomic mass is 9.89. The zero-order valence-electron chi connectivity index (χ0n) is 16.5. The number of ether oxygens (including phenoxy) is 1. The van der Waals surface area contributed by atoms with E-state index in [-0.39, 0.29) is 11.8 Å². The lowest BCUT2D eigenvalue weighted by molar-refractivity contribution is 0.0710. The largest absolute Gasteiger partial charge is 0.481 e. The quantitative estimate of drug-likeness (QED) is 0.716. The number of rotatable bonds is 4. The van der Waals surface area contributed by atoms with Crippen LogP contribution in [0.2, 0.25) is 0 Å². The molecule has 3 heterocycles. The van der Waals surface area contributed by atoms with E-state index in [9.17, 15) is 14.0 Å². The normalized spacial score (nSPS) is 14.7. The van der Waals surface area contributed by atoms with E-state index in [2.05, 4.69) is 9.97 Å². The van der Waals surface area contributed by atoms with E-state index in [4.69, 9.17) is 10.5 Å². The zero-order chi connectivity index (χ0) is 21.3. The monoisotopic (exact) mass is 408 g/mol. The lowest BCUT2D eigenvalue weighted by Crippen LogP contribution is -2.38. The molecule has 7 nitrogen and oxygen atoms in total. The van der Waals surface area contributed by atoms with E-state index in [1.54, 1.807) is 35.4 Å². The van der Waals surface area contributed by atoms with Gasteiger partial charge in [-0.25, -0.2) is 9.37 Å². The first-order chi connectivity index (χ1) is 14.5. The van der Waals surface area contributed by atoms with Crippen molar-refractivity contribution in [2.45, 2.75) is 18.8 Å². The fraction of sp³-hybridized carbons (Fsp3) is 0.273. The number of nitrogens with zero attached hydrogens (tertiary/aromatic N) is 3. The molecule has 1 saturated heterocycles. The second kappa shape index (κ2) is 8.06. The van der Waals surface area contributed by atoms with Gasteiger partial charge in [0.05, 0.1) is 23.9 Å². The number of hydrogen-bond donors (Lipinski definition) is 1. The Bertz CT molecular complexity index is 1130. The SMILES string of the molecule is COc1cc(C(=O)N2CCC(c3nc4ccc(F)cc4cc3C(N)=O)CC2)ccn1. The summed E-state index contributed by atoms with van der Waals surface area (Å²) in [7, 11) is 1.50. The van der Waals surface area contributed by atoms with Gasteiger partial charge < -0.3 is 15.4 Å². The molecular formula is C22H21FN4O3. The van der Waals surface area contributed by atoms with Crippen LogP contribution in [0.4, 0.5) is 4.39 Å². The first-order valence-electron chi connectivity index (χ1n) is 9.65. The number of primary amides is 1. The number of nitrogens with two attached hydrogens (primary N) is 1. The summed E-state index contributed by atoms with van der Waals surface area (Å²) in [5, 5.41) is 0.534. The van der Waals surface area contributed by atoms with Gasteiger partial charge in [-0.05, 0) is 43.2 Å². The predicted octanol–water partition coefficient (Wildman–Crippen LogP) is 2.90. The van der Waals surface area contributed by atoms with Crippen molar-refractivity contribution >= 4 is 22.7 Å². The second-order valence-corrected chi connectivity index (χ2v) is 7.28. The molecule has 0 saturated carbocycles. The first-order valence-corrected chi connectivity index (χ1v) is 9.65. The second-order valence-electron chi connectivity index (χ2n) is 7.28. The standard InChI is InChI=1S/C22H21FN4O3/c1-30-19-12-14(4-7-25-19)22(29)27-8-5-13(6-9-27)20-17(21(24)28)11-15-10-16(23)2-3-18(15)26-20/h2-4,7,10-13H,5-6,8-9H2,1H3,(H2,24,28). The number of amides is 2. The number of carbonyl (C=O) groups is 2. The third kappa shape index (κ3) is 3.80. The average molecular weight is 408 g/mol. The summed E-state index contributed by atoms with van der Waals surface area (Å²) in [5.74, 6) is -0.707. The molecule has 1 aliphatic heterocycles. The van der Waals surface area contributed by atoms with Gasteiger partial charge in [0, 0.05) is 42.2 Å². The molecule has 0 bridgehead atoms. The van der Waals surface area contributed by atoms with Gasteiger partial charge in [0.25, 0.3) is 11.8 Å². The van der Waals surface area contributed by atoms with E-state index in [0.29, 0.717) is 59.5 Å². The topological polar surface area (TPSA) is 98.4 Å². The number of fused-ring (bicyclic) bond motifs is 1. The fourth-order valence-corrected chi connectivity index (χ4v) is 3.86. The molecular weight excluding hydrogens is 387 g/mol. The Labute approximate surface area is 172 Å². The van der Waals surface area contributed by atoms with Crippen LogP contribution < -0.4 is 10.5 Å². The summed E-state index contributed by atoms with van der Waals surface area (Å²) in [4.78, 5) is 35.2. The minimum absolute atomic E-state index is 0.0158. The van der Waals surface area contributed by atoms with Crippen molar-refractivity contribution in [1.29, 1.82) is 0 Å². The van der Waals surface area contributed by atoms with E-state index >= 15 is 0 Å². The molecule has 2 N–H and O–H groups in total. The molecule has 2 aromatic heterocycles. The van der Waals surface area contributed by atoms with Gasteiger partial charge in [-0.15, -0.1) is 0 Å². The number of pyridine rings is 2. The van der Waals surface area contributed by atoms with Crippen LogP contribution in [0.25, 0.3) is 10.9 Å². The molecule has 154 valence electrons. The smallest absolute Gasteiger partial charge is 0.254 e. The fourth-order valence-electron chi connectivity index (χ4n) is 3.86. The number of carbonyl (C=O) groups excluding carboxylic acids is 2. The molecule has 1 aliphatic rings. The van der Waals surface area contributed by atoms with Crippen molar-refractivity contribution < 1.29 is 18.7 Å². The van der Waals surface area contributed by atoms with Crippen LogP contribution >= 0.6 is 0 Å². The average Bonchev–Trinajstić information content (AvgIpc) is 2.77. The summed E-state index contributed by atoms with van der Waals surface area (Å²) in [5.41, 5.74) is 7.61. The maximum absolute atomic E-state index is 13.5. The predicted molar refractivity (Wildman–Crippen MR) is 109 cm³/mol. The Kier molecular flexibility index (Phi) is 5.31. The highest BCUT2D eigenvalue weighted by Crippen LogP contribution is 2.31. The first kappa shape index (κ1) is 19.8. The molecule has 8 heteroatoms. The Hall–Kier alpha value is -3.55. The Balaban J connectivity index is 1.55. The van der Waals surface area contributed by atoms with Crippen molar-refractivity contribution in [3.05, 3.63) is 65.2 Å². The van der Waals surface area contributed by atoms with Crippen LogP contribution in [0.5, 0.6) is 5.88 Å². The summed E-state index contributed by atoms with van der Waals surface area (Å²) in [6.45, 7) is 1.05. The van der Waals surface area contributed by atoms with Crippen LogP contribution in [0.1, 0.15) is 45.2 Å². The molecule has 0 atom stereocenters. The van der Waals surface area contributed by atoms with E-state index < -0.39 is 11.7 Å². The molecule has 0 spiro atoms. The van der Waals surface area contributed by atoms with Crippen molar-refractivity contribution in [3.63, 3.8) is 0 Å². The number of aromatic nitrogens is 2. The summed E-state index contributed by atoms with van der Waals surface area (Å²) in [6, 6.07) is 9.14. The van der Waals surface area contributed by atoms with Gasteiger partial charge >= 0.3 is 0 Å². The summed E-state index contributed by atoms with van der Waals surface area (Å²) >= 11 is 0. The van der Waals surface area contributed by atoms with Gasteiger partial charge in [0.2, 0.25) is 5.88 Å². The van der Waals surface area contributed by atoms with Crippen LogP contribution in [0.15, 0.2) is 42.6 Å². The van der Waals surface area contributed by atoms with Crippen molar-refractivity contribution in [2.24, 2.45) is 5.73 Å². The summed E-state index contributed by atoms with van der Waals surface area (Å²) < 4.78 is 18.6. The maximum Gasteiger partial charge on any atom is 0.254 e. The molecule has 2 amide bonds. The van der Waals surface area contributed by atoms with Crippen LogP contribution in [0.3, 0.4) is 0 Å². The highest BCUT2D eigenvalue weighted by Gasteiger charge is 2.28. The van der Waals surface area contributed by atoms with Gasteiger partial charge in [-0.3, -0.25) is 14.6 Å². The number of halogens is 1. The molecule has 1 aromatic carbocycles. The highest BCUT2D eigenvalue weighted by molar-refractivity contribution is 5.98. The number of piperidine rings is 1. The molecule has 0 radical (unpaired) electrons. The third-order valence-corrected chi connectivity index (χ3v) is 5.43. The lowest BCUT2D eigenvalue weighted by Gasteiger charge is -2.32. The van der Waals surface area contributed by atoms with Gasteiger partial charge in [-0.2, -0.15) is 0 Å². The number of likely N-dealkylation sites (tertiary alicyclic amines) is 1. The third-order valence-electron chi connectivity index (χ3n) is 5.43. The van der Waals surface area contributed by atoms with Crippen LogP contribution in [0, 0.1) is 5.82 Å². The molecule has 0 unspecified atom stereocenters. The Morgan fingerprint density at radius 3 is 2.63 bits per heavy atom. The highest BCUT2D eigenvalue weighted by atomic mass is 19.1. The van der Waals surface area contributed by atoms with Crippen LogP contribution in [-0.4, -0.2) is 46.9 Å². The van der Waals surface area contributed by atoms with E-state index in [0.717, 1.165) is 0 Å². The molecule has 1 fully saturated rings. The molecule has 0 aliphatic carbocycles. The number of methoxy groups -OCH3 is 1. The van der Waals surface area contributed by atoms with Crippen molar-refractivity contribution in [2.75, 3.05) is 20.2 Å². The van der Waals surface area contributed by atoms with Gasteiger partial charge in [-0.1, -0.05) is 0 Å². The zero-order valence-corrected chi connectivity index (χ0v) is 16.5. The minimum Gasteiger partial charge on any atom is -0.481 e. The van der Waals surface area contributed by atoms with E-state index in [1.807, 2.05) is 0 Å². The van der Waals surface area contributed by atoms with E-state index in [1.165, 1.54) is 19.2 Å². The Morgan fingerprint density at radius 2 is 1.93 bits per heavy atom. The number of benzene rings is 1. The van der Waals surface area contributed by atoms with Gasteiger partial charge in [0.1, 0.15) is 5.82 Å². The van der Waals surface area contributed by atoms with Gasteiger partial charge in [0.15, 0.2) is 0 Å². The van der Waals surface area contributed by atoms with Crippen molar-refractivity contribution in [1.82, 2.24) is 14.9 Å². The van der Waals surface area contributed by atoms with Crippen molar-refractivity contribution in [3.8, 4) is 5.88 Å². The number of hydrogen-bond acceptors (Lipinski definition) is 5. The molecule has 3 aromatic rings. The Morgan fingerprint density at radius 1 is 1.17 bits per heavy atom. The van der Waals surface area contributed by atoms with Crippen LogP contribution in [-0.2, 0) is 0 Å². The molecule has 30 heavy (non-hydrogen) atoms. The minimum atomic E-state index is -0.592. The maximum atomic E-state index is 13.5. The molecule has 4 rings (SSSR count). The summed E-state index contributed by atoms with van der Waals surface area (Å²) in [6.07, 6.45) is 2.83.